The molecule has 3 amide bonds. The fourth-order valence-electron chi connectivity index (χ4n) is 3.66. The van der Waals surface area contributed by atoms with E-state index in [0.717, 1.165) is 0 Å². The first-order valence-electron chi connectivity index (χ1n) is 10.6. The Labute approximate surface area is 197 Å². The molecule has 1 aromatic rings. The van der Waals surface area contributed by atoms with Gasteiger partial charge in [0.15, 0.2) is 0 Å². The quantitative estimate of drug-likeness (QED) is 0.519. The lowest BCUT2D eigenvalue weighted by Gasteiger charge is -2.34. The molecule has 9 nitrogen and oxygen atoms in total. The van der Waals surface area contributed by atoms with E-state index in [0.29, 0.717) is 32.5 Å². The Bertz CT molecular complexity index is 848. The molecule has 0 bridgehead atoms. The molecule has 2 atom stereocenters. The van der Waals surface area contributed by atoms with Gasteiger partial charge in [-0.05, 0) is 45.7 Å². The van der Waals surface area contributed by atoms with Gasteiger partial charge in [0, 0.05) is 25.7 Å². The second-order valence-electron chi connectivity index (χ2n) is 8.93. The van der Waals surface area contributed by atoms with E-state index in [-0.39, 0.29) is 33.7 Å². The molecule has 2 saturated heterocycles. The second kappa shape index (κ2) is 10.2. The largest absolute Gasteiger partial charge is 0.444 e. The summed E-state index contributed by atoms with van der Waals surface area (Å²) in [5, 5.41) is 6.32. The van der Waals surface area contributed by atoms with Crippen LogP contribution in [0.4, 0.5) is 4.79 Å². The first kappa shape index (κ1) is 24.6. The van der Waals surface area contributed by atoms with Gasteiger partial charge in [-0.15, -0.1) is 0 Å². The SMILES string of the molecule is CC(C)(C)OC(=O)N1CCC(NC(=O)C2NNCC2NC(=O)c2c(Cl)cccc2Cl)CC1. The van der Waals surface area contributed by atoms with Gasteiger partial charge in [0.2, 0.25) is 5.91 Å². The average molecular weight is 486 g/mol. The van der Waals surface area contributed by atoms with E-state index < -0.39 is 23.6 Å². The van der Waals surface area contributed by atoms with Crippen molar-refractivity contribution in [3.8, 4) is 0 Å². The maximum absolute atomic E-state index is 12.9. The molecule has 2 heterocycles. The van der Waals surface area contributed by atoms with Crippen molar-refractivity contribution in [2.24, 2.45) is 0 Å². The number of nitrogens with one attached hydrogen (secondary N) is 4. The highest BCUT2D eigenvalue weighted by Gasteiger charge is 2.36. The summed E-state index contributed by atoms with van der Waals surface area (Å²) in [5.41, 5.74) is 5.45. The Balaban J connectivity index is 1.52. The van der Waals surface area contributed by atoms with E-state index >= 15 is 0 Å². The number of hydrogen-bond acceptors (Lipinski definition) is 6. The van der Waals surface area contributed by atoms with Crippen molar-refractivity contribution in [3.05, 3.63) is 33.8 Å². The van der Waals surface area contributed by atoms with Crippen LogP contribution in [0, 0.1) is 0 Å². The van der Waals surface area contributed by atoms with Crippen LogP contribution in [-0.2, 0) is 9.53 Å². The van der Waals surface area contributed by atoms with Crippen molar-refractivity contribution in [1.29, 1.82) is 0 Å². The smallest absolute Gasteiger partial charge is 0.410 e. The molecule has 0 aromatic heterocycles. The summed E-state index contributed by atoms with van der Waals surface area (Å²) < 4.78 is 5.40. The van der Waals surface area contributed by atoms with Gasteiger partial charge in [0.1, 0.15) is 11.6 Å². The minimum atomic E-state index is -0.663. The van der Waals surface area contributed by atoms with Crippen LogP contribution in [0.25, 0.3) is 0 Å². The number of ether oxygens (including phenoxy) is 1. The molecule has 11 heteroatoms. The minimum absolute atomic E-state index is 0.0713. The van der Waals surface area contributed by atoms with Crippen LogP contribution in [0.2, 0.25) is 10.0 Å². The fourth-order valence-corrected chi connectivity index (χ4v) is 4.23. The number of rotatable bonds is 4. The lowest BCUT2D eigenvalue weighted by Crippen LogP contribution is -2.56. The van der Waals surface area contributed by atoms with Crippen molar-refractivity contribution in [2.75, 3.05) is 19.6 Å². The summed E-state index contributed by atoms with van der Waals surface area (Å²) in [4.78, 5) is 39.4. The van der Waals surface area contributed by atoms with E-state index in [1.807, 2.05) is 20.8 Å². The molecule has 2 aliphatic heterocycles. The van der Waals surface area contributed by atoms with E-state index in [4.69, 9.17) is 27.9 Å². The molecule has 0 spiro atoms. The van der Waals surface area contributed by atoms with E-state index in [1.165, 1.54) is 0 Å². The summed E-state index contributed by atoms with van der Waals surface area (Å²) >= 11 is 12.2. The highest BCUT2D eigenvalue weighted by atomic mass is 35.5. The number of piperidine rings is 1. The lowest BCUT2D eigenvalue weighted by molar-refractivity contribution is -0.124. The molecule has 0 radical (unpaired) electrons. The van der Waals surface area contributed by atoms with Crippen molar-refractivity contribution >= 4 is 41.1 Å². The molecule has 0 aliphatic carbocycles. The third-order valence-corrected chi connectivity index (χ3v) is 5.89. The molecule has 0 saturated carbocycles. The van der Waals surface area contributed by atoms with Gasteiger partial charge >= 0.3 is 6.09 Å². The topological polar surface area (TPSA) is 112 Å². The molecule has 2 unspecified atom stereocenters. The summed E-state index contributed by atoms with van der Waals surface area (Å²) in [6.45, 7) is 6.85. The Hall–Kier alpha value is -2.07. The first-order chi connectivity index (χ1) is 15.0. The van der Waals surface area contributed by atoms with Crippen molar-refractivity contribution in [1.82, 2.24) is 26.4 Å². The number of nitrogens with zero attached hydrogens (tertiary/aromatic N) is 1. The van der Waals surface area contributed by atoms with Gasteiger partial charge in [-0.25, -0.2) is 10.2 Å². The Morgan fingerprint density at radius 2 is 1.72 bits per heavy atom. The second-order valence-corrected chi connectivity index (χ2v) is 9.74. The molecule has 4 N–H and O–H groups in total. The fraction of sp³-hybridized carbons (Fsp3) is 0.571. The predicted octanol–water partition coefficient (Wildman–Crippen LogP) is 2.08. The molecule has 32 heavy (non-hydrogen) atoms. The minimum Gasteiger partial charge on any atom is -0.444 e. The Kier molecular flexibility index (Phi) is 7.87. The van der Waals surface area contributed by atoms with Crippen LogP contribution < -0.4 is 21.5 Å². The van der Waals surface area contributed by atoms with Gasteiger partial charge in [-0.3, -0.25) is 15.0 Å². The third kappa shape index (κ3) is 6.25. The van der Waals surface area contributed by atoms with Crippen LogP contribution >= 0.6 is 23.2 Å². The van der Waals surface area contributed by atoms with Gasteiger partial charge in [0.25, 0.3) is 5.91 Å². The molecule has 3 rings (SSSR count). The summed E-state index contributed by atoms with van der Waals surface area (Å²) in [6.07, 6.45) is 0.902. The highest BCUT2D eigenvalue weighted by Crippen LogP contribution is 2.24. The van der Waals surface area contributed by atoms with Gasteiger partial charge in [-0.1, -0.05) is 29.3 Å². The number of likely N-dealkylation sites (tertiary alicyclic amines) is 1. The summed E-state index contributed by atoms with van der Waals surface area (Å²) in [5.74, 6) is -0.680. The Morgan fingerprint density at radius 3 is 2.31 bits per heavy atom. The molecular formula is C21H29Cl2N5O4. The predicted molar refractivity (Wildman–Crippen MR) is 122 cm³/mol. The Morgan fingerprint density at radius 1 is 1.09 bits per heavy atom. The molecule has 1 aromatic carbocycles. The van der Waals surface area contributed by atoms with Crippen LogP contribution in [0.5, 0.6) is 0 Å². The zero-order chi connectivity index (χ0) is 23.5. The van der Waals surface area contributed by atoms with Gasteiger partial charge < -0.3 is 20.3 Å². The first-order valence-corrected chi connectivity index (χ1v) is 11.3. The van der Waals surface area contributed by atoms with Crippen molar-refractivity contribution in [3.63, 3.8) is 0 Å². The summed E-state index contributed by atoms with van der Waals surface area (Å²) in [7, 11) is 0. The average Bonchev–Trinajstić information content (AvgIpc) is 3.15. The number of hydrazine groups is 1. The van der Waals surface area contributed by atoms with E-state index in [2.05, 4.69) is 21.5 Å². The van der Waals surface area contributed by atoms with Gasteiger partial charge in [-0.2, -0.15) is 0 Å². The third-order valence-electron chi connectivity index (χ3n) is 5.26. The van der Waals surface area contributed by atoms with Gasteiger partial charge in [0.05, 0.1) is 21.7 Å². The highest BCUT2D eigenvalue weighted by molar-refractivity contribution is 6.39. The molecule has 2 aliphatic rings. The van der Waals surface area contributed by atoms with Crippen molar-refractivity contribution < 1.29 is 19.1 Å². The van der Waals surface area contributed by atoms with E-state index in [9.17, 15) is 14.4 Å². The van der Waals surface area contributed by atoms with Crippen LogP contribution in [0.1, 0.15) is 44.0 Å². The van der Waals surface area contributed by atoms with E-state index in [1.54, 1.807) is 23.1 Å². The van der Waals surface area contributed by atoms with Crippen molar-refractivity contribution in [2.45, 2.75) is 57.3 Å². The normalized spacial score (nSPS) is 21.8. The number of halogens is 2. The maximum atomic E-state index is 12.9. The lowest BCUT2D eigenvalue weighted by atomic mass is 10.0. The number of amides is 3. The zero-order valence-corrected chi connectivity index (χ0v) is 19.8. The molecule has 176 valence electrons. The monoisotopic (exact) mass is 485 g/mol. The van der Waals surface area contributed by atoms with Crippen LogP contribution in [-0.4, -0.2) is 66.2 Å². The maximum Gasteiger partial charge on any atom is 0.410 e. The molecular weight excluding hydrogens is 457 g/mol. The number of hydrogen-bond donors (Lipinski definition) is 4. The van der Waals surface area contributed by atoms with Crippen LogP contribution in [0.15, 0.2) is 18.2 Å². The van der Waals surface area contributed by atoms with Crippen LogP contribution in [0.3, 0.4) is 0 Å². The number of carbonyl (C=O) groups is 3. The molecule has 2 fully saturated rings. The summed E-state index contributed by atoms with van der Waals surface area (Å²) in [6, 6.07) is 3.60. The number of benzene rings is 1. The number of carbonyl (C=O) groups excluding carboxylic acids is 3. The standard InChI is InChI=1S/C21H29Cl2N5O4/c1-21(2,3)32-20(31)28-9-7-12(8-10-28)25-19(30)17-15(11-24-27-17)26-18(29)16-13(22)5-4-6-14(16)23/h4-6,12,15,17,24,27H,7-11H2,1-3H3,(H,25,30)(H,26,29). The zero-order valence-electron chi connectivity index (χ0n) is 18.3.